The fraction of sp³-hybridized carbons (Fsp3) is 0.533. The van der Waals surface area contributed by atoms with Gasteiger partial charge in [-0.3, -0.25) is 4.68 Å². The van der Waals surface area contributed by atoms with Crippen LogP contribution in [0.25, 0.3) is 0 Å². The van der Waals surface area contributed by atoms with E-state index in [9.17, 15) is 4.39 Å². The van der Waals surface area contributed by atoms with E-state index < -0.39 is 0 Å². The Labute approximate surface area is 123 Å². The Balaban J connectivity index is 2.01. The largest absolute Gasteiger partial charge is 0.345 e. The molecule has 0 aliphatic carbocycles. The van der Waals surface area contributed by atoms with E-state index in [1.54, 1.807) is 6.20 Å². The van der Waals surface area contributed by atoms with Gasteiger partial charge in [0.2, 0.25) is 0 Å². The molecule has 2 aromatic rings. The summed E-state index contributed by atoms with van der Waals surface area (Å²) >= 11 is 0. The van der Waals surface area contributed by atoms with Gasteiger partial charge in [0.1, 0.15) is 6.33 Å². The molecule has 0 N–H and O–H groups in total. The van der Waals surface area contributed by atoms with Crippen molar-refractivity contribution in [2.24, 2.45) is 7.05 Å². The van der Waals surface area contributed by atoms with Gasteiger partial charge in [-0.15, -0.1) is 0 Å². The Bertz CT molecular complexity index is 624. The predicted molar refractivity (Wildman–Crippen MR) is 78.5 cm³/mol. The van der Waals surface area contributed by atoms with Gasteiger partial charge in [0.25, 0.3) is 0 Å². The summed E-state index contributed by atoms with van der Waals surface area (Å²) in [5.41, 5.74) is 1.58. The first-order valence-electron chi connectivity index (χ1n) is 7.46. The van der Waals surface area contributed by atoms with E-state index >= 15 is 0 Å². The Kier molecular flexibility index (Phi) is 3.86. The summed E-state index contributed by atoms with van der Waals surface area (Å²) in [6, 6.07) is 2.13. The molecule has 0 spiro atoms. The molecule has 0 radical (unpaired) electrons. The second-order valence-corrected chi connectivity index (χ2v) is 5.40. The quantitative estimate of drug-likeness (QED) is 0.871. The first-order valence-corrected chi connectivity index (χ1v) is 7.46. The average Bonchev–Trinajstić information content (AvgIpc) is 2.93. The first-order chi connectivity index (χ1) is 10.2. The van der Waals surface area contributed by atoms with Crippen molar-refractivity contribution in [1.29, 1.82) is 0 Å². The van der Waals surface area contributed by atoms with Gasteiger partial charge >= 0.3 is 0 Å². The van der Waals surface area contributed by atoms with E-state index in [1.807, 2.05) is 24.7 Å². The maximum atomic E-state index is 14.6. The topological polar surface area (TPSA) is 46.8 Å². The Morgan fingerprint density at radius 3 is 2.90 bits per heavy atom. The smallest absolute Gasteiger partial charge is 0.187 e. The van der Waals surface area contributed by atoms with Gasteiger partial charge in [-0.05, 0) is 31.7 Å². The number of hydrogen-bond acceptors (Lipinski definition) is 4. The third-order valence-corrected chi connectivity index (χ3v) is 4.15. The maximum absolute atomic E-state index is 14.6. The van der Waals surface area contributed by atoms with Gasteiger partial charge in [0, 0.05) is 19.8 Å². The molecule has 3 heterocycles. The molecule has 2 aromatic heterocycles. The summed E-state index contributed by atoms with van der Waals surface area (Å²) in [5, 5.41) is 4.24. The van der Waals surface area contributed by atoms with E-state index in [4.69, 9.17) is 0 Å². The van der Waals surface area contributed by atoms with Crippen molar-refractivity contribution < 1.29 is 4.39 Å². The van der Waals surface area contributed by atoms with Crippen molar-refractivity contribution in [1.82, 2.24) is 19.7 Å². The van der Waals surface area contributed by atoms with Crippen molar-refractivity contribution in [3.05, 3.63) is 35.8 Å². The number of halogens is 1. The van der Waals surface area contributed by atoms with Gasteiger partial charge in [0.15, 0.2) is 11.6 Å². The van der Waals surface area contributed by atoms with E-state index in [0.717, 1.165) is 31.5 Å². The lowest BCUT2D eigenvalue weighted by atomic mass is 9.99. The van der Waals surface area contributed by atoms with E-state index in [1.165, 1.54) is 6.33 Å². The molecule has 0 aromatic carbocycles. The fourth-order valence-electron chi connectivity index (χ4n) is 3.05. The molecular formula is C15H20FN5. The van der Waals surface area contributed by atoms with Crippen molar-refractivity contribution in [2.75, 3.05) is 11.4 Å². The molecule has 0 amide bonds. The molecule has 1 saturated heterocycles. The molecule has 0 saturated carbocycles. The number of rotatable bonds is 3. The highest BCUT2D eigenvalue weighted by molar-refractivity contribution is 5.44. The van der Waals surface area contributed by atoms with Crippen molar-refractivity contribution in [3.8, 4) is 0 Å². The molecule has 1 aliphatic rings. The van der Waals surface area contributed by atoms with Crippen LogP contribution in [0.15, 0.2) is 18.6 Å². The number of aromatic nitrogens is 4. The molecule has 1 aliphatic heterocycles. The maximum Gasteiger partial charge on any atom is 0.187 e. The molecule has 5 nitrogen and oxygen atoms in total. The lowest BCUT2D eigenvalue weighted by molar-refractivity contribution is 0.437. The van der Waals surface area contributed by atoms with Crippen LogP contribution in [0.5, 0.6) is 0 Å². The molecule has 21 heavy (non-hydrogen) atoms. The zero-order chi connectivity index (χ0) is 14.8. The molecule has 1 atom stereocenters. The van der Waals surface area contributed by atoms with Crippen LogP contribution < -0.4 is 4.90 Å². The second-order valence-electron chi connectivity index (χ2n) is 5.40. The van der Waals surface area contributed by atoms with Crippen LogP contribution in [-0.4, -0.2) is 26.3 Å². The summed E-state index contributed by atoms with van der Waals surface area (Å²) < 4.78 is 16.4. The summed E-state index contributed by atoms with van der Waals surface area (Å²) in [4.78, 5) is 10.3. The van der Waals surface area contributed by atoms with Crippen LogP contribution in [0.1, 0.15) is 43.6 Å². The van der Waals surface area contributed by atoms with E-state index in [2.05, 4.69) is 20.0 Å². The van der Waals surface area contributed by atoms with Gasteiger partial charge in [0.05, 0.1) is 17.4 Å². The van der Waals surface area contributed by atoms with E-state index in [-0.39, 0.29) is 11.9 Å². The van der Waals surface area contributed by atoms with Crippen LogP contribution in [0, 0.1) is 5.82 Å². The second kappa shape index (κ2) is 5.79. The lowest BCUT2D eigenvalue weighted by Crippen LogP contribution is -2.36. The van der Waals surface area contributed by atoms with Crippen LogP contribution >= 0.6 is 0 Å². The molecule has 3 rings (SSSR count). The predicted octanol–water partition coefficient (Wildman–Crippen LogP) is 2.64. The van der Waals surface area contributed by atoms with Gasteiger partial charge < -0.3 is 4.90 Å². The third-order valence-electron chi connectivity index (χ3n) is 4.15. The monoisotopic (exact) mass is 289 g/mol. The standard InChI is InChI=1S/C15H20FN5/c1-3-11-14(16)15(18-10-17-11)21-9-5-4-6-13(21)12-7-8-19-20(12)2/h7-8,10,13H,3-6,9H2,1-2H3/t13-/m1/s1. The first kappa shape index (κ1) is 14.0. The average molecular weight is 289 g/mol. The van der Waals surface area contributed by atoms with Crippen molar-refractivity contribution in [2.45, 2.75) is 38.6 Å². The SMILES string of the molecule is CCc1ncnc(N2CCCC[C@@H]2c2ccnn2C)c1F. The Morgan fingerprint density at radius 1 is 1.33 bits per heavy atom. The number of anilines is 1. The van der Waals surface area contributed by atoms with Crippen LogP contribution in [0.3, 0.4) is 0 Å². The number of aryl methyl sites for hydroxylation is 2. The summed E-state index contributed by atoms with van der Waals surface area (Å²) in [5.74, 6) is 0.141. The molecule has 112 valence electrons. The minimum Gasteiger partial charge on any atom is -0.345 e. The fourth-order valence-corrected chi connectivity index (χ4v) is 3.05. The van der Waals surface area contributed by atoms with Gasteiger partial charge in [-0.1, -0.05) is 6.92 Å². The minimum atomic E-state index is -0.283. The lowest BCUT2D eigenvalue weighted by Gasteiger charge is -2.36. The number of nitrogens with zero attached hydrogens (tertiary/aromatic N) is 5. The molecule has 1 fully saturated rings. The summed E-state index contributed by atoms with van der Waals surface area (Å²) in [6.45, 7) is 2.72. The van der Waals surface area contributed by atoms with Crippen molar-refractivity contribution in [3.63, 3.8) is 0 Å². The number of piperidine rings is 1. The van der Waals surface area contributed by atoms with Gasteiger partial charge in [-0.25, -0.2) is 14.4 Å². The summed E-state index contributed by atoms with van der Waals surface area (Å²) in [7, 11) is 1.93. The van der Waals surface area contributed by atoms with Crippen LogP contribution in [-0.2, 0) is 13.5 Å². The highest BCUT2D eigenvalue weighted by Crippen LogP contribution is 2.35. The zero-order valence-electron chi connectivity index (χ0n) is 12.5. The Hall–Kier alpha value is -1.98. The molecular weight excluding hydrogens is 269 g/mol. The third kappa shape index (κ3) is 2.50. The molecule has 0 bridgehead atoms. The normalized spacial score (nSPS) is 19.0. The highest BCUT2D eigenvalue weighted by Gasteiger charge is 2.29. The molecule has 6 heteroatoms. The summed E-state index contributed by atoms with van der Waals surface area (Å²) in [6.07, 6.45) is 7.01. The van der Waals surface area contributed by atoms with Crippen molar-refractivity contribution >= 4 is 5.82 Å². The zero-order valence-corrected chi connectivity index (χ0v) is 12.5. The van der Waals surface area contributed by atoms with Crippen LogP contribution in [0.2, 0.25) is 0 Å². The van der Waals surface area contributed by atoms with E-state index in [0.29, 0.717) is 17.9 Å². The Morgan fingerprint density at radius 2 is 2.19 bits per heavy atom. The highest BCUT2D eigenvalue weighted by atomic mass is 19.1. The molecule has 0 unspecified atom stereocenters. The van der Waals surface area contributed by atoms with Gasteiger partial charge in [-0.2, -0.15) is 5.10 Å². The number of hydrogen-bond donors (Lipinski definition) is 0. The van der Waals surface area contributed by atoms with Crippen LogP contribution in [0.4, 0.5) is 10.2 Å². The minimum absolute atomic E-state index is 0.125.